The standard InChI is InChI=1S/C19H28ClN3O/c1-6-7-8-23(5)12-16-11-21-22-18(16)15-9-14(4)19(17(20)10-15)24-13(2)3/h9-11,13H,6-8,12H2,1-5H3,(H,21,22). The maximum absolute atomic E-state index is 6.45. The average molecular weight is 350 g/mol. The van der Waals surface area contributed by atoms with E-state index in [1.165, 1.54) is 18.4 Å². The normalized spacial score (nSPS) is 11.5. The number of nitrogens with one attached hydrogen (secondary N) is 1. The molecular weight excluding hydrogens is 322 g/mol. The summed E-state index contributed by atoms with van der Waals surface area (Å²) in [6.45, 7) is 10.2. The number of ether oxygens (including phenoxy) is 1. The van der Waals surface area contributed by atoms with E-state index in [4.69, 9.17) is 16.3 Å². The van der Waals surface area contributed by atoms with E-state index in [-0.39, 0.29) is 6.10 Å². The second-order valence-corrected chi connectivity index (χ2v) is 7.04. The fourth-order valence-corrected chi connectivity index (χ4v) is 3.05. The SMILES string of the molecule is CCCCN(C)Cc1cn[nH]c1-c1cc(C)c(OC(C)C)c(Cl)c1. The first kappa shape index (κ1) is 18.8. The minimum absolute atomic E-state index is 0.0991. The number of aryl methyl sites for hydroxylation is 1. The molecule has 1 N–H and O–H groups in total. The molecule has 0 radical (unpaired) electrons. The van der Waals surface area contributed by atoms with Gasteiger partial charge < -0.3 is 9.64 Å². The van der Waals surface area contributed by atoms with Crippen molar-refractivity contribution < 1.29 is 4.74 Å². The molecule has 2 aromatic rings. The molecule has 1 aromatic heterocycles. The predicted octanol–water partition coefficient (Wildman–Crippen LogP) is 5.06. The third-order valence-electron chi connectivity index (χ3n) is 3.92. The lowest BCUT2D eigenvalue weighted by molar-refractivity contribution is 0.241. The molecule has 0 fully saturated rings. The van der Waals surface area contributed by atoms with Gasteiger partial charge in [0.1, 0.15) is 5.75 Å². The Morgan fingerprint density at radius 1 is 1.33 bits per heavy atom. The Bertz CT molecular complexity index is 643. The fourth-order valence-electron chi connectivity index (χ4n) is 2.74. The number of hydrogen-bond donors (Lipinski definition) is 1. The van der Waals surface area contributed by atoms with Crippen LogP contribution in [0.5, 0.6) is 5.75 Å². The van der Waals surface area contributed by atoms with Crippen molar-refractivity contribution in [1.82, 2.24) is 15.1 Å². The predicted molar refractivity (Wildman–Crippen MR) is 101 cm³/mol. The number of rotatable bonds is 8. The van der Waals surface area contributed by atoms with Gasteiger partial charge >= 0.3 is 0 Å². The van der Waals surface area contributed by atoms with Gasteiger partial charge in [0.2, 0.25) is 0 Å². The van der Waals surface area contributed by atoms with Crippen molar-refractivity contribution in [3.05, 3.63) is 34.5 Å². The number of H-pyrrole nitrogens is 1. The van der Waals surface area contributed by atoms with Crippen LogP contribution in [0.15, 0.2) is 18.3 Å². The van der Waals surface area contributed by atoms with Crippen molar-refractivity contribution in [2.45, 2.75) is 53.2 Å². The summed E-state index contributed by atoms with van der Waals surface area (Å²) in [5.74, 6) is 0.761. The summed E-state index contributed by atoms with van der Waals surface area (Å²) in [4.78, 5) is 2.32. The quantitative estimate of drug-likeness (QED) is 0.724. The lowest BCUT2D eigenvalue weighted by atomic mass is 10.0. The van der Waals surface area contributed by atoms with Gasteiger partial charge in [-0.3, -0.25) is 5.10 Å². The molecule has 0 unspecified atom stereocenters. The van der Waals surface area contributed by atoms with Crippen molar-refractivity contribution in [3.63, 3.8) is 0 Å². The Labute approximate surface area is 150 Å². The van der Waals surface area contributed by atoms with Gasteiger partial charge in [-0.25, -0.2) is 0 Å². The van der Waals surface area contributed by atoms with Gasteiger partial charge in [0.25, 0.3) is 0 Å². The van der Waals surface area contributed by atoms with Gasteiger partial charge in [0.15, 0.2) is 0 Å². The minimum Gasteiger partial charge on any atom is -0.489 e. The molecule has 1 aromatic carbocycles. The van der Waals surface area contributed by atoms with E-state index in [9.17, 15) is 0 Å². The second-order valence-electron chi connectivity index (χ2n) is 6.63. The van der Waals surface area contributed by atoms with Gasteiger partial charge in [-0.1, -0.05) is 24.9 Å². The van der Waals surface area contributed by atoms with E-state index in [0.29, 0.717) is 5.02 Å². The number of aromatic nitrogens is 2. The Balaban J connectivity index is 2.25. The highest BCUT2D eigenvalue weighted by Crippen LogP contribution is 2.35. The maximum atomic E-state index is 6.45. The van der Waals surface area contributed by atoms with Crippen LogP contribution < -0.4 is 4.74 Å². The summed E-state index contributed by atoms with van der Waals surface area (Å²) in [6.07, 6.45) is 4.41. The Morgan fingerprint density at radius 3 is 2.71 bits per heavy atom. The van der Waals surface area contributed by atoms with Crippen molar-refractivity contribution in [1.29, 1.82) is 0 Å². The average Bonchev–Trinajstić information content (AvgIpc) is 2.96. The van der Waals surface area contributed by atoms with Crippen LogP contribution in [0.1, 0.15) is 44.7 Å². The molecule has 0 aliphatic rings. The summed E-state index contributed by atoms with van der Waals surface area (Å²) in [5, 5.41) is 8.00. The molecule has 0 aliphatic carbocycles. The third kappa shape index (κ3) is 4.74. The molecule has 24 heavy (non-hydrogen) atoms. The molecular formula is C19H28ClN3O. The first-order valence-corrected chi connectivity index (χ1v) is 8.98. The first-order valence-electron chi connectivity index (χ1n) is 8.60. The molecule has 4 nitrogen and oxygen atoms in total. The van der Waals surface area contributed by atoms with Crippen LogP contribution in [0, 0.1) is 6.92 Å². The second kappa shape index (κ2) is 8.54. The van der Waals surface area contributed by atoms with E-state index in [1.54, 1.807) is 0 Å². The van der Waals surface area contributed by atoms with Crippen LogP contribution in [0.2, 0.25) is 5.02 Å². The number of hydrogen-bond acceptors (Lipinski definition) is 3. The third-order valence-corrected chi connectivity index (χ3v) is 4.20. The summed E-state index contributed by atoms with van der Waals surface area (Å²) in [6, 6.07) is 4.06. The molecule has 0 bridgehead atoms. The zero-order valence-electron chi connectivity index (χ0n) is 15.3. The van der Waals surface area contributed by atoms with Crippen molar-refractivity contribution in [2.75, 3.05) is 13.6 Å². The molecule has 132 valence electrons. The zero-order valence-corrected chi connectivity index (χ0v) is 16.1. The van der Waals surface area contributed by atoms with Crippen molar-refractivity contribution in [3.8, 4) is 17.0 Å². The van der Waals surface area contributed by atoms with E-state index >= 15 is 0 Å². The first-order chi connectivity index (χ1) is 11.4. The summed E-state index contributed by atoms with van der Waals surface area (Å²) in [5.41, 5.74) is 4.29. The lowest BCUT2D eigenvalue weighted by Gasteiger charge is -2.17. The van der Waals surface area contributed by atoms with Gasteiger partial charge in [0, 0.05) is 17.7 Å². The summed E-state index contributed by atoms with van der Waals surface area (Å²) < 4.78 is 5.82. The smallest absolute Gasteiger partial charge is 0.141 e. The monoisotopic (exact) mass is 349 g/mol. The topological polar surface area (TPSA) is 41.2 Å². The number of aromatic amines is 1. The Kier molecular flexibility index (Phi) is 6.69. The fraction of sp³-hybridized carbons (Fsp3) is 0.526. The van der Waals surface area contributed by atoms with Crippen LogP contribution in [-0.2, 0) is 6.54 Å². The van der Waals surface area contributed by atoms with Gasteiger partial charge in [-0.15, -0.1) is 0 Å². The summed E-state index contributed by atoms with van der Waals surface area (Å²) >= 11 is 6.45. The largest absolute Gasteiger partial charge is 0.489 e. The molecule has 0 amide bonds. The van der Waals surface area contributed by atoms with Gasteiger partial charge in [0.05, 0.1) is 23.0 Å². The molecule has 0 atom stereocenters. The molecule has 2 rings (SSSR count). The molecule has 0 saturated carbocycles. The number of benzene rings is 1. The van der Waals surface area contributed by atoms with E-state index in [0.717, 1.165) is 35.7 Å². The Morgan fingerprint density at radius 2 is 2.08 bits per heavy atom. The number of halogens is 1. The van der Waals surface area contributed by atoms with Crippen LogP contribution in [-0.4, -0.2) is 34.8 Å². The molecule has 0 saturated heterocycles. The van der Waals surface area contributed by atoms with E-state index in [2.05, 4.69) is 35.1 Å². The van der Waals surface area contributed by atoms with Crippen LogP contribution >= 0.6 is 11.6 Å². The van der Waals surface area contributed by atoms with Crippen molar-refractivity contribution >= 4 is 11.6 Å². The highest BCUT2D eigenvalue weighted by Gasteiger charge is 2.15. The van der Waals surface area contributed by atoms with Gasteiger partial charge in [-0.05, 0) is 58.5 Å². The molecule has 1 heterocycles. The minimum atomic E-state index is 0.0991. The molecule has 0 spiro atoms. The van der Waals surface area contributed by atoms with Crippen LogP contribution in [0.3, 0.4) is 0 Å². The number of unbranched alkanes of at least 4 members (excludes halogenated alkanes) is 1. The van der Waals surface area contributed by atoms with Crippen LogP contribution in [0.25, 0.3) is 11.3 Å². The van der Waals surface area contributed by atoms with Gasteiger partial charge in [-0.2, -0.15) is 5.10 Å². The zero-order chi connectivity index (χ0) is 17.7. The van der Waals surface area contributed by atoms with Crippen LogP contribution in [0.4, 0.5) is 0 Å². The highest BCUT2D eigenvalue weighted by atomic mass is 35.5. The summed E-state index contributed by atoms with van der Waals surface area (Å²) in [7, 11) is 2.14. The lowest BCUT2D eigenvalue weighted by Crippen LogP contribution is -2.19. The van der Waals surface area contributed by atoms with Crippen molar-refractivity contribution in [2.24, 2.45) is 0 Å². The maximum Gasteiger partial charge on any atom is 0.141 e. The Hall–Kier alpha value is -1.52. The highest BCUT2D eigenvalue weighted by molar-refractivity contribution is 6.32. The van der Waals surface area contributed by atoms with E-state index in [1.807, 2.05) is 33.0 Å². The molecule has 5 heteroatoms. The molecule has 0 aliphatic heterocycles. The number of nitrogens with zero attached hydrogens (tertiary/aromatic N) is 2. The van der Waals surface area contributed by atoms with E-state index < -0.39 is 0 Å².